The van der Waals surface area contributed by atoms with Crippen molar-refractivity contribution in [1.29, 1.82) is 0 Å². The van der Waals surface area contributed by atoms with E-state index in [4.69, 9.17) is 17.0 Å². The minimum absolute atomic E-state index is 0.662. The van der Waals surface area contributed by atoms with Gasteiger partial charge in [-0.05, 0) is 18.5 Å². The van der Waals surface area contributed by atoms with Crippen LogP contribution in [0, 0.1) is 4.77 Å². The van der Waals surface area contributed by atoms with Gasteiger partial charge in [-0.1, -0.05) is 0 Å². The van der Waals surface area contributed by atoms with Gasteiger partial charge < -0.3 is 9.30 Å². The number of hydrogen-bond acceptors (Lipinski definition) is 4. The van der Waals surface area contributed by atoms with Crippen molar-refractivity contribution in [2.24, 2.45) is 0 Å². The molecule has 1 aromatic heterocycles. The van der Waals surface area contributed by atoms with Crippen molar-refractivity contribution in [3.63, 3.8) is 0 Å². The molecule has 1 N–H and O–H groups in total. The molecular formula is C7H13N3OS2. The van der Waals surface area contributed by atoms with Gasteiger partial charge in [0.05, 0.1) is 18.9 Å². The second-order valence-corrected chi connectivity index (χ2v) is 3.78. The number of ether oxygens (including phenoxy) is 1. The number of nitrogens with one attached hydrogen (secondary N) is 1. The SMILES string of the molecule is COCCn1c(CSC)n[nH]c1=S. The molecule has 0 bridgehead atoms. The maximum atomic E-state index is 5.08. The number of hydrogen-bond donors (Lipinski definition) is 1. The molecule has 1 heterocycles. The van der Waals surface area contributed by atoms with Crippen LogP contribution in [-0.2, 0) is 17.0 Å². The van der Waals surface area contributed by atoms with Crippen LogP contribution in [0.2, 0.25) is 0 Å². The zero-order valence-electron chi connectivity index (χ0n) is 7.74. The van der Waals surface area contributed by atoms with Gasteiger partial charge in [-0.3, -0.25) is 5.10 Å². The molecule has 0 radical (unpaired) electrons. The summed E-state index contributed by atoms with van der Waals surface area (Å²) >= 11 is 6.81. The van der Waals surface area contributed by atoms with Crippen LogP contribution in [0.4, 0.5) is 0 Å². The van der Waals surface area contributed by atoms with Gasteiger partial charge >= 0.3 is 0 Å². The second-order valence-electron chi connectivity index (χ2n) is 2.52. The monoisotopic (exact) mass is 219 g/mol. The average molecular weight is 219 g/mol. The number of thioether (sulfide) groups is 1. The third kappa shape index (κ3) is 2.82. The summed E-state index contributed by atoms with van der Waals surface area (Å²) in [5.41, 5.74) is 0. The Bertz CT molecular complexity index is 307. The van der Waals surface area contributed by atoms with Crippen molar-refractivity contribution in [3.05, 3.63) is 10.6 Å². The zero-order chi connectivity index (χ0) is 9.68. The van der Waals surface area contributed by atoms with Gasteiger partial charge in [0, 0.05) is 7.11 Å². The molecule has 0 atom stereocenters. The van der Waals surface area contributed by atoms with Gasteiger partial charge in [0.2, 0.25) is 0 Å². The normalized spacial score (nSPS) is 10.6. The molecule has 0 spiro atoms. The van der Waals surface area contributed by atoms with Gasteiger partial charge in [-0.15, -0.1) is 0 Å². The molecule has 0 amide bonds. The number of H-pyrrole nitrogens is 1. The average Bonchev–Trinajstić information content (AvgIpc) is 2.45. The van der Waals surface area contributed by atoms with Crippen LogP contribution in [0.3, 0.4) is 0 Å². The van der Waals surface area contributed by atoms with Crippen LogP contribution in [0.1, 0.15) is 5.82 Å². The molecule has 0 saturated carbocycles. The number of rotatable bonds is 5. The lowest BCUT2D eigenvalue weighted by atomic mass is 10.6. The molecular weight excluding hydrogens is 206 g/mol. The molecule has 0 aromatic carbocycles. The summed E-state index contributed by atoms with van der Waals surface area (Å²) < 4.78 is 7.62. The summed E-state index contributed by atoms with van der Waals surface area (Å²) in [5.74, 6) is 1.85. The van der Waals surface area contributed by atoms with E-state index in [1.165, 1.54) is 0 Å². The van der Waals surface area contributed by atoms with E-state index in [0.717, 1.165) is 18.1 Å². The molecule has 0 saturated heterocycles. The van der Waals surface area contributed by atoms with E-state index in [1.807, 2.05) is 10.8 Å². The van der Waals surface area contributed by atoms with Crippen LogP contribution in [0.25, 0.3) is 0 Å². The van der Waals surface area contributed by atoms with Crippen LogP contribution in [0.15, 0.2) is 0 Å². The molecule has 13 heavy (non-hydrogen) atoms. The van der Waals surface area contributed by atoms with Crippen molar-refractivity contribution in [2.45, 2.75) is 12.3 Å². The van der Waals surface area contributed by atoms with E-state index in [2.05, 4.69) is 10.2 Å². The fraction of sp³-hybridized carbons (Fsp3) is 0.714. The summed E-state index contributed by atoms with van der Waals surface area (Å²) in [6.07, 6.45) is 2.04. The Morgan fingerprint density at radius 2 is 2.46 bits per heavy atom. The van der Waals surface area contributed by atoms with Gasteiger partial charge in [0.15, 0.2) is 4.77 Å². The fourth-order valence-electron chi connectivity index (χ4n) is 1.00. The predicted octanol–water partition coefficient (Wildman–Crippen LogP) is 1.45. The van der Waals surface area contributed by atoms with Crippen molar-refractivity contribution in [2.75, 3.05) is 20.0 Å². The fourth-order valence-corrected chi connectivity index (χ4v) is 1.72. The molecule has 0 aliphatic carbocycles. The van der Waals surface area contributed by atoms with Crippen molar-refractivity contribution in [1.82, 2.24) is 14.8 Å². The Morgan fingerprint density at radius 3 is 3.08 bits per heavy atom. The summed E-state index contributed by atoms with van der Waals surface area (Å²) in [6, 6.07) is 0. The minimum Gasteiger partial charge on any atom is -0.383 e. The third-order valence-electron chi connectivity index (χ3n) is 1.63. The Kier molecular flexibility index (Phi) is 4.47. The molecule has 1 aromatic rings. The number of nitrogens with zero attached hydrogens (tertiary/aromatic N) is 2. The topological polar surface area (TPSA) is 42.8 Å². The highest BCUT2D eigenvalue weighted by atomic mass is 32.2. The van der Waals surface area contributed by atoms with E-state index in [9.17, 15) is 0 Å². The first-order chi connectivity index (χ1) is 6.29. The standard InChI is InChI=1S/C7H13N3OS2/c1-11-4-3-10-6(5-13-2)8-9-7(10)12/h3-5H2,1-2H3,(H,9,12). The molecule has 0 fully saturated rings. The maximum Gasteiger partial charge on any atom is 0.195 e. The van der Waals surface area contributed by atoms with E-state index in [-0.39, 0.29) is 0 Å². The number of aromatic nitrogens is 3. The van der Waals surface area contributed by atoms with E-state index >= 15 is 0 Å². The Morgan fingerprint density at radius 1 is 1.69 bits per heavy atom. The largest absolute Gasteiger partial charge is 0.383 e. The van der Waals surface area contributed by atoms with E-state index in [1.54, 1.807) is 18.9 Å². The first-order valence-corrected chi connectivity index (χ1v) is 5.71. The van der Waals surface area contributed by atoms with E-state index < -0.39 is 0 Å². The van der Waals surface area contributed by atoms with Crippen molar-refractivity contribution in [3.8, 4) is 0 Å². The van der Waals surface area contributed by atoms with Crippen LogP contribution >= 0.6 is 24.0 Å². The molecule has 6 heteroatoms. The van der Waals surface area contributed by atoms with Crippen LogP contribution in [-0.4, -0.2) is 34.7 Å². The molecule has 1 rings (SSSR count). The first-order valence-electron chi connectivity index (χ1n) is 3.91. The summed E-state index contributed by atoms with van der Waals surface area (Å²) in [4.78, 5) is 0. The highest BCUT2D eigenvalue weighted by Crippen LogP contribution is 2.06. The number of aromatic amines is 1. The van der Waals surface area contributed by atoms with Crippen molar-refractivity contribution < 1.29 is 4.74 Å². The Labute approximate surface area is 86.7 Å². The van der Waals surface area contributed by atoms with Gasteiger partial charge in [0.25, 0.3) is 0 Å². The van der Waals surface area contributed by atoms with Gasteiger partial charge in [-0.25, -0.2) is 0 Å². The lowest BCUT2D eigenvalue weighted by Crippen LogP contribution is -2.07. The van der Waals surface area contributed by atoms with Gasteiger partial charge in [-0.2, -0.15) is 16.9 Å². The lowest BCUT2D eigenvalue weighted by molar-refractivity contribution is 0.186. The predicted molar refractivity (Wildman–Crippen MR) is 56.5 cm³/mol. The van der Waals surface area contributed by atoms with E-state index in [0.29, 0.717) is 11.4 Å². The minimum atomic E-state index is 0.662. The molecule has 74 valence electrons. The molecule has 0 aliphatic heterocycles. The van der Waals surface area contributed by atoms with Gasteiger partial charge in [0.1, 0.15) is 5.82 Å². The smallest absolute Gasteiger partial charge is 0.195 e. The quantitative estimate of drug-likeness (QED) is 0.761. The highest BCUT2D eigenvalue weighted by Gasteiger charge is 2.03. The number of methoxy groups -OCH3 is 1. The Balaban J connectivity index is 2.75. The molecule has 0 aliphatic rings. The second kappa shape index (κ2) is 5.41. The summed E-state index contributed by atoms with van der Waals surface area (Å²) in [5, 5.41) is 6.91. The highest BCUT2D eigenvalue weighted by molar-refractivity contribution is 7.97. The lowest BCUT2D eigenvalue weighted by Gasteiger charge is -2.03. The third-order valence-corrected chi connectivity index (χ3v) is 2.49. The van der Waals surface area contributed by atoms with Crippen molar-refractivity contribution >= 4 is 24.0 Å². The molecule has 4 nitrogen and oxygen atoms in total. The molecule has 0 unspecified atom stereocenters. The summed E-state index contributed by atoms with van der Waals surface area (Å²) in [6.45, 7) is 1.43. The zero-order valence-corrected chi connectivity index (χ0v) is 9.37. The first kappa shape index (κ1) is 10.7. The Hall–Kier alpha value is -0.330. The van der Waals surface area contributed by atoms with Crippen LogP contribution < -0.4 is 0 Å². The summed E-state index contributed by atoms with van der Waals surface area (Å²) in [7, 11) is 1.68. The van der Waals surface area contributed by atoms with Crippen LogP contribution in [0.5, 0.6) is 0 Å². The maximum absolute atomic E-state index is 5.08.